The van der Waals surface area contributed by atoms with Gasteiger partial charge in [-0.15, -0.1) is 0 Å². The molecule has 4 rings (SSSR count). The van der Waals surface area contributed by atoms with Crippen LogP contribution in [0.1, 0.15) is 25.3 Å². The van der Waals surface area contributed by atoms with Crippen molar-refractivity contribution in [2.24, 2.45) is 0 Å². The molecular weight excluding hydrogens is 401 g/mol. The molecule has 2 fully saturated rings. The minimum Gasteiger partial charge on any atom is -0.494 e. The number of imide groups is 2. The smallest absolute Gasteiger partial charge is 0.335 e. The maximum Gasteiger partial charge on any atom is 0.335 e. The van der Waals surface area contributed by atoms with Gasteiger partial charge < -0.3 is 9.64 Å². The van der Waals surface area contributed by atoms with E-state index >= 15 is 0 Å². The maximum atomic E-state index is 14.6. The zero-order chi connectivity index (χ0) is 22.0. The van der Waals surface area contributed by atoms with E-state index in [-0.39, 0.29) is 11.3 Å². The summed E-state index contributed by atoms with van der Waals surface area (Å²) in [5.41, 5.74) is 0.872. The molecule has 2 aliphatic heterocycles. The summed E-state index contributed by atoms with van der Waals surface area (Å²) in [5, 5.41) is 2.17. The zero-order valence-corrected chi connectivity index (χ0v) is 17.1. The number of urea groups is 1. The lowest BCUT2D eigenvalue weighted by Gasteiger charge is -2.26. The summed E-state index contributed by atoms with van der Waals surface area (Å²) in [7, 11) is 0. The summed E-state index contributed by atoms with van der Waals surface area (Å²) in [6.45, 7) is 3.84. The maximum absolute atomic E-state index is 14.6. The third-order valence-electron chi connectivity index (χ3n) is 5.22. The summed E-state index contributed by atoms with van der Waals surface area (Å²) in [5.74, 6) is -1.54. The fourth-order valence-corrected chi connectivity index (χ4v) is 3.77. The van der Waals surface area contributed by atoms with Gasteiger partial charge in [-0.1, -0.05) is 12.1 Å². The van der Waals surface area contributed by atoms with Crippen LogP contribution < -0.4 is 19.9 Å². The molecule has 0 aliphatic carbocycles. The fraction of sp³-hybridized carbons (Fsp3) is 0.261. The zero-order valence-electron chi connectivity index (χ0n) is 17.1. The number of carbonyl (C=O) groups excluding carboxylic acids is 3. The van der Waals surface area contributed by atoms with Crippen molar-refractivity contribution in [3.05, 3.63) is 59.4 Å². The van der Waals surface area contributed by atoms with Crippen LogP contribution in [0.5, 0.6) is 5.75 Å². The second-order valence-corrected chi connectivity index (χ2v) is 7.29. The largest absolute Gasteiger partial charge is 0.494 e. The van der Waals surface area contributed by atoms with Gasteiger partial charge in [0, 0.05) is 19.2 Å². The summed E-state index contributed by atoms with van der Waals surface area (Å²) < 4.78 is 20.1. The van der Waals surface area contributed by atoms with Crippen LogP contribution in [0.2, 0.25) is 0 Å². The van der Waals surface area contributed by atoms with Gasteiger partial charge in [-0.25, -0.2) is 14.1 Å². The Labute approximate surface area is 179 Å². The molecule has 0 aromatic heterocycles. The molecule has 0 atom stereocenters. The van der Waals surface area contributed by atoms with Crippen LogP contribution in [0, 0.1) is 5.82 Å². The van der Waals surface area contributed by atoms with Crippen molar-refractivity contribution in [2.75, 3.05) is 29.5 Å². The second-order valence-electron chi connectivity index (χ2n) is 7.29. The average Bonchev–Trinajstić information content (AvgIpc) is 3.26. The van der Waals surface area contributed by atoms with Gasteiger partial charge >= 0.3 is 6.03 Å². The van der Waals surface area contributed by atoms with Crippen LogP contribution in [-0.4, -0.2) is 37.5 Å². The van der Waals surface area contributed by atoms with Gasteiger partial charge in [0.2, 0.25) is 0 Å². The Kier molecular flexibility index (Phi) is 5.70. The number of barbiturate groups is 1. The Balaban J connectivity index is 1.64. The molecule has 7 nitrogen and oxygen atoms in total. The first-order valence-electron chi connectivity index (χ1n) is 10.2. The van der Waals surface area contributed by atoms with Gasteiger partial charge in [0.15, 0.2) is 0 Å². The van der Waals surface area contributed by atoms with Crippen molar-refractivity contribution in [3.8, 4) is 5.75 Å². The molecule has 8 heteroatoms. The van der Waals surface area contributed by atoms with Crippen molar-refractivity contribution in [2.45, 2.75) is 19.8 Å². The molecule has 0 radical (unpaired) electrons. The predicted molar refractivity (Wildman–Crippen MR) is 114 cm³/mol. The number of halogens is 1. The molecule has 0 bridgehead atoms. The highest BCUT2D eigenvalue weighted by Crippen LogP contribution is 2.28. The standard InChI is InChI=1S/C23H22FN3O4/c1-2-31-17-7-5-6-16(14-17)27-22(29)18(21(28)25-23(27)30)12-15-8-9-20(19(24)13-15)26-10-3-4-11-26/h5-9,12-14H,2-4,10-11H2,1H3,(H,25,28,30). The highest BCUT2D eigenvalue weighted by molar-refractivity contribution is 6.39. The van der Waals surface area contributed by atoms with Crippen LogP contribution in [0.3, 0.4) is 0 Å². The molecule has 2 heterocycles. The number of amides is 4. The Morgan fingerprint density at radius 2 is 1.87 bits per heavy atom. The van der Waals surface area contributed by atoms with Crippen LogP contribution in [0.4, 0.5) is 20.6 Å². The molecule has 4 amide bonds. The lowest BCUT2D eigenvalue weighted by atomic mass is 10.1. The average molecular weight is 423 g/mol. The van der Waals surface area contributed by atoms with E-state index in [4.69, 9.17) is 4.74 Å². The van der Waals surface area contributed by atoms with Crippen LogP contribution >= 0.6 is 0 Å². The van der Waals surface area contributed by atoms with E-state index in [1.54, 1.807) is 36.4 Å². The Bertz CT molecular complexity index is 1080. The monoisotopic (exact) mass is 423 g/mol. The molecule has 2 aromatic carbocycles. The van der Waals surface area contributed by atoms with Gasteiger partial charge in [-0.05, 0) is 55.7 Å². The molecule has 0 saturated carbocycles. The first kappa shape index (κ1) is 20.6. The van der Waals surface area contributed by atoms with E-state index in [1.165, 1.54) is 12.1 Å². The Morgan fingerprint density at radius 1 is 1.10 bits per heavy atom. The van der Waals surface area contributed by atoms with E-state index in [1.807, 2.05) is 11.8 Å². The van der Waals surface area contributed by atoms with Crippen molar-refractivity contribution in [1.29, 1.82) is 0 Å². The van der Waals surface area contributed by atoms with Gasteiger partial charge in [0.25, 0.3) is 11.8 Å². The lowest BCUT2D eigenvalue weighted by Crippen LogP contribution is -2.54. The van der Waals surface area contributed by atoms with E-state index < -0.39 is 23.7 Å². The highest BCUT2D eigenvalue weighted by Gasteiger charge is 2.37. The molecule has 31 heavy (non-hydrogen) atoms. The first-order valence-corrected chi connectivity index (χ1v) is 10.2. The SMILES string of the molecule is CCOc1cccc(N2C(=O)NC(=O)C(=Cc3ccc(N4CCCC4)c(F)c3)C2=O)c1. The molecule has 2 aliphatic rings. The third kappa shape index (κ3) is 4.14. The van der Waals surface area contributed by atoms with Gasteiger partial charge in [0.1, 0.15) is 17.1 Å². The summed E-state index contributed by atoms with van der Waals surface area (Å²) >= 11 is 0. The van der Waals surface area contributed by atoms with E-state index in [2.05, 4.69) is 5.32 Å². The molecule has 2 aromatic rings. The summed E-state index contributed by atoms with van der Waals surface area (Å²) in [6, 6.07) is 10.2. The first-order chi connectivity index (χ1) is 15.0. The number of nitrogens with one attached hydrogen (secondary N) is 1. The number of ether oxygens (including phenoxy) is 1. The van der Waals surface area contributed by atoms with Crippen molar-refractivity contribution >= 4 is 35.3 Å². The Morgan fingerprint density at radius 3 is 2.58 bits per heavy atom. The topological polar surface area (TPSA) is 79.0 Å². The Hall–Kier alpha value is -3.68. The number of rotatable bonds is 5. The molecule has 1 N–H and O–H groups in total. The predicted octanol–water partition coefficient (Wildman–Crippen LogP) is 3.49. The van der Waals surface area contributed by atoms with E-state index in [0.29, 0.717) is 23.6 Å². The molecule has 160 valence electrons. The van der Waals surface area contributed by atoms with Gasteiger partial charge in [-0.2, -0.15) is 0 Å². The van der Waals surface area contributed by atoms with Crippen molar-refractivity contribution in [1.82, 2.24) is 5.32 Å². The molecule has 0 spiro atoms. The normalized spacial score (nSPS) is 18.0. The highest BCUT2D eigenvalue weighted by atomic mass is 19.1. The molecule has 0 unspecified atom stereocenters. The fourth-order valence-electron chi connectivity index (χ4n) is 3.77. The quantitative estimate of drug-likeness (QED) is 0.588. The van der Waals surface area contributed by atoms with E-state index in [0.717, 1.165) is 30.8 Å². The number of hydrogen-bond donors (Lipinski definition) is 1. The van der Waals surface area contributed by atoms with Crippen molar-refractivity contribution < 1.29 is 23.5 Å². The van der Waals surface area contributed by atoms with Gasteiger partial charge in [0.05, 0.1) is 18.0 Å². The van der Waals surface area contributed by atoms with Crippen molar-refractivity contribution in [3.63, 3.8) is 0 Å². The second kappa shape index (κ2) is 8.59. The lowest BCUT2D eigenvalue weighted by molar-refractivity contribution is -0.122. The number of anilines is 2. The molecule has 2 saturated heterocycles. The third-order valence-corrected chi connectivity index (χ3v) is 5.22. The number of hydrogen-bond acceptors (Lipinski definition) is 5. The number of carbonyl (C=O) groups is 3. The number of nitrogens with zero attached hydrogens (tertiary/aromatic N) is 2. The summed E-state index contributed by atoms with van der Waals surface area (Å²) in [6.07, 6.45) is 3.34. The van der Waals surface area contributed by atoms with Crippen LogP contribution in [-0.2, 0) is 9.59 Å². The number of benzene rings is 2. The van der Waals surface area contributed by atoms with E-state index in [9.17, 15) is 18.8 Å². The van der Waals surface area contributed by atoms with Crippen LogP contribution in [0.15, 0.2) is 48.0 Å². The summed E-state index contributed by atoms with van der Waals surface area (Å²) in [4.78, 5) is 40.6. The molecular formula is C23H22FN3O4. The van der Waals surface area contributed by atoms with Gasteiger partial charge in [-0.3, -0.25) is 14.9 Å². The minimum absolute atomic E-state index is 0.255. The minimum atomic E-state index is -0.851. The van der Waals surface area contributed by atoms with Crippen LogP contribution in [0.25, 0.3) is 6.08 Å².